The van der Waals surface area contributed by atoms with Crippen molar-refractivity contribution in [2.45, 2.75) is 32.7 Å². The number of rotatable bonds is 3. The molecule has 0 spiro atoms. The first-order valence-corrected chi connectivity index (χ1v) is 5.18. The second-order valence-corrected chi connectivity index (χ2v) is 4.16. The Morgan fingerprint density at radius 2 is 2.20 bits per heavy atom. The van der Waals surface area contributed by atoms with Gasteiger partial charge in [-0.05, 0) is 18.8 Å². The number of carbonyl (C=O) groups excluding carboxylic acids is 1. The van der Waals surface area contributed by atoms with Gasteiger partial charge in [0.1, 0.15) is 6.04 Å². The normalized spacial score (nSPS) is 20.7. The maximum atomic E-state index is 11.5. The molecule has 1 heterocycles. The molecule has 1 N–H and O–H groups in total. The lowest BCUT2D eigenvalue weighted by atomic mass is 10.2. The van der Waals surface area contributed by atoms with Crippen LogP contribution in [0.25, 0.3) is 0 Å². The molecule has 1 atom stereocenters. The maximum absolute atomic E-state index is 11.5. The number of carboxylic acid groups (broad SMARTS) is 1. The van der Waals surface area contributed by atoms with Crippen LogP contribution in [0.2, 0.25) is 0 Å². The van der Waals surface area contributed by atoms with E-state index in [9.17, 15) is 9.59 Å². The third-order valence-electron chi connectivity index (χ3n) is 2.31. The molecule has 1 saturated heterocycles. The summed E-state index contributed by atoms with van der Waals surface area (Å²) in [5, 5.41) is 8.86. The maximum Gasteiger partial charge on any atom is 0.410 e. The van der Waals surface area contributed by atoms with Crippen LogP contribution in [0.3, 0.4) is 0 Å². The molecule has 5 nitrogen and oxygen atoms in total. The van der Waals surface area contributed by atoms with Crippen LogP contribution in [0.1, 0.15) is 26.7 Å². The van der Waals surface area contributed by atoms with Gasteiger partial charge in [-0.1, -0.05) is 13.8 Å². The number of carboxylic acids is 1. The Labute approximate surface area is 89.0 Å². The van der Waals surface area contributed by atoms with E-state index in [1.54, 1.807) is 0 Å². The number of carbonyl (C=O) groups is 2. The van der Waals surface area contributed by atoms with Gasteiger partial charge in [-0.15, -0.1) is 0 Å². The number of ether oxygens (including phenoxy) is 1. The fraction of sp³-hybridized carbons (Fsp3) is 0.800. The molecule has 1 aliphatic rings. The summed E-state index contributed by atoms with van der Waals surface area (Å²) < 4.78 is 4.99. The van der Waals surface area contributed by atoms with Gasteiger partial charge in [0, 0.05) is 6.54 Å². The summed E-state index contributed by atoms with van der Waals surface area (Å²) >= 11 is 0. The number of aliphatic carboxylic acids is 1. The van der Waals surface area contributed by atoms with Crippen molar-refractivity contribution in [1.29, 1.82) is 0 Å². The highest BCUT2D eigenvalue weighted by Gasteiger charge is 2.34. The van der Waals surface area contributed by atoms with Crippen molar-refractivity contribution in [2.24, 2.45) is 5.92 Å². The second kappa shape index (κ2) is 5.00. The minimum absolute atomic E-state index is 0.264. The van der Waals surface area contributed by atoms with Crippen molar-refractivity contribution in [2.75, 3.05) is 13.2 Å². The summed E-state index contributed by atoms with van der Waals surface area (Å²) in [5.41, 5.74) is 0. The largest absolute Gasteiger partial charge is 0.480 e. The minimum atomic E-state index is -0.950. The Bertz CT molecular complexity index is 252. The zero-order chi connectivity index (χ0) is 11.4. The molecule has 1 rings (SSSR count). The zero-order valence-corrected chi connectivity index (χ0v) is 9.10. The Morgan fingerprint density at radius 3 is 2.73 bits per heavy atom. The molecule has 5 heteroatoms. The highest BCUT2D eigenvalue weighted by molar-refractivity contribution is 5.80. The highest BCUT2D eigenvalue weighted by Crippen LogP contribution is 2.18. The fourth-order valence-electron chi connectivity index (χ4n) is 1.56. The van der Waals surface area contributed by atoms with Crippen molar-refractivity contribution in [3.8, 4) is 0 Å². The standard InChI is InChI=1S/C10H17NO4/c1-7(2)6-15-10(14)11-5-3-4-8(11)9(12)13/h7-8H,3-6H2,1-2H3,(H,12,13)/t8-/m0/s1. The molecule has 0 aromatic rings. The van der Waals surface area contributed by atoms with Gasteiger partial charge in [-0.3, -0.25) is 4.90 Å². The quantitative estimate of drug-likeness (QED) is 0.771. The highest BCUT2D eigenvalue weighted by atomic mass is 16.6. The monoisotopic (exact) mass is 215 g/mol. The van der Waals surface area contributed by atoms with Crippen molar-refractivity contribution < 1.29 is 19.4 Å². The molecule has 0 saturated carbocycles. The molecule has 0 radical (unpaired) electrons. The number of amides is 1. The van der Waals surface area contributed by atoms with Gasteiger partial charge in [0.05, 0.1) is 6.61 Å². The topological polar surface area (TPSA) is 66.8 Å². The third kappa shape index (κ3) is 3.11. The molecule has 1 aliphatic heterocycles. The van der Waals surface area contributed by atoms with Crippen LogP contribution in [0.4, 0.5) is 4.79 Å². The van der Waals surface area contributed by atoms with Gasteiger partial charge < -0.3 is 9.84 Å². The van der Waals surface area contributed by atoms with Crippen LogP contribution in [0.15, 0.2) is 0 Å². The lowest BCUT2D eigenvalue weighted by Crippen LogP contribution is -2.41. The van der Waals surface area contributed by atoms with Crippen molar-refractivity contribution in [3.63, 3.8) is 0 Å². The Balaban J connectivity index is 2.47. The summed E-state index contributed by atoms with van der Waals surface area (Å²) in [7, 11) is 0. The number of nitrogens with zero attached hydrogens (tertiary/aromatic N) is 1. The SMILES string of the molecule is CC(C)COC(=O)N1CCC[C@H]1C(=O)O. The van der Waals surface area contributed by atoms with E-state index in [4.69, 9.17) is 9.84 Å². The predicted octanol–water partition coefficient (Wildman–Crippen LogP) is 1.33. The van der Waals surface area contributed by atoms with Crippen LogP contribution < -0.4 is 0 Å². The number of likely N-dealkylation sites (tertiary alicyclic amines) is 1. The minimum Gasteiger partial charge on any atom is -0.480 e. The Hall–Kier alpha value is -1.26. The summed E-state index contributed by atoms with van der Waals surface area (Å²) in [5.74, 6) is -0.686. The molecule has 1 amide bonds. The fourth-order valence-corrected chi connectivity index (χ4v) is 1.56. The first-order valence-electron chi connectivity index (χ1n) is 5.18. The molecule has 86 valence electrons. The zero-order valence-electron chi connectivity index (χ0n) is 9.10. The molecule has 0 aromatic carbocycles. The molecule has 15 heavy (non-hydrogen) atoms. The van der Waals surface area contributed by atoms with E-state index in [0.717, 1.165) is 6.42 Å². The molecule has 1 fully saturated rings. The molecule has 0 aromatic heterocycles. The summed E-state index contributed by atoms with van der Waals surface area (Å²) in [4.78, 5) is 23.6. The Morgan fingerprint density at radius 1 is 1.53 bits per heavy atom. The van der Waals surface area contributed by atoms with E-state index in [1.165, 1.54) is 4.90 Å². The summed E-state index contributed by atoms with van der Waals surface area (Å²) in [6.45, 7) is 4.69. The molecule has 0 bridgehead atoms. The summed E-state index contributed by atoms with van der Waals surface area (Å²) in [6.07, 6.45) is 0.744. The van der Waals surface area contributed by atoms with E-state index in [1.807, 2.05) is 13.8 Å². The summed E-state index contributed by atoms with van der Waals surface area (Å²) in [6, 6.07) is -0.704. The number of hydrogen-bond acceptors (Lipinski definition) is 3. The average Bonchev–Trinajstić information content (AvgIpc) is 2.62. The van der Waals surface area contributed by atoms with Gasteiger partial charge in [-0.25, -0.2) is 9.59 Å². The van der Waals surface area contributed by atoms with Crippen LogP contribution in [0, 0.1) is 5.92 Å². The van der Waals surface area contributed by atoms with E-state index in [-0.39, 0.29) is 5.92 Å². The van der Waals surface area contributed by atoms with E-state index in [0.29, 0.717) is 19.6 Å². The van der Waals surface area contributed by atoms with Gasteiger partial charge >= 0.3 is 12.1 Å². The first-order chi connectivity index (χ1) is 7.02. The lowest BCUT2D eigenvalue weighted by Gasteiger charge is -2.21. The molecule has 0 unspecified atom stereocenters. The number of hydrogen-bond donors (Lipinski definition) is 1. The Kier molecular flexibility index (Phi) is 3.94. The van der Waals surface area contributed by atoms with Gasteiger partial charge in [0.25, 0.3) is 0 Å². The van der Waals surface area contributed by atoms with Crippen molar-refractivity contribution >= 4 is 12.1 Å². The van der Waals surface area contributed by atoms with Crippen molar-refractivity contribution in [3.05, 3.63) is 0 Å². The van der Waals surface area contributed by atoms with Crippen LogP contribution >= 0.6 is 0 Å². The average molecular weight is 215 g/mol. The van der Waals surface area contributed by atoms with Gasteiger partial charge in [0.15, 0.2) is 0 Å². The van der Waals surface area contributed by atoms with Gasteiger partial charge in [0.2, 0.25) is 0 Å². The van der Waals surface area contributed by atoms with E-state index in [2.05, 4.69) is 0 Å². The molecular weight excluding hydrogens is 198 g/mol. The lowest BCUT2D eigenvalue weighted by molar-refractivity contribution is -0.141. The van der Waals surface area contributed by atoms with Crippen molar-refractivity contribution in [1.82, 2.24) is 4.90 Å². The second-order valence-electron chi connectivity index (χ2n) is 4.16. The molecular formula is C10H17NO4. The van der Waals surface area contributed by atoms with E-state index < -0.39 is 18.1 Å². The van der Waals surface area contributed by atoms with E-state index >= 15 is 0 Å². The smallest absolute Gasteiger partial charge is 0.410 e. The third-order valence-corrected chi connectivity index (χ3v) is 2.31. The van der Waals surface area contributed by atoms with Crippen LogP contribution in [-0.2, 0) is 9.53 Å². The van der Waals surface area contributed by atoms with Crippen LogP contribution in [-0.4, -0.2) is 41.3 Å². The van der Waals surface area contributed by atoms with Gasteiger partial charge in [-0.2, -0.15) is 0 Å². The first kappa shape index (κ1) is 11.8. The van der Waals surface area contributed by atoms with Crippen LogP contribution in [0.5, 0.6) is 0 Å². The predicted molar refractivity (Wildman–Crippen MR) is 53.5 cm³/mol. The molecule has 0 aliphatic carbocycles.